The maximum atomic E-state index is 9.67. The zero-order chi connectivity index (χ0) is 12.7. The minimum atomic E-state index is -0.559. The van der Waals surface area contributed by atoms with E-state index in [0.717, 1.165) is 0 Å². The molecule has 0 aliphatic heterocycles. The lowest BCUT2D eigenvalue weighted by Crippen LogP contribution is -2.35. The highest BCUT2D eigenvalue weighted by Crippen LogP contribution is 2.17. The van der Waals surface area contributed by atoms with Gasteiger partial charge >= 0.3 is 0 Å². The van der Waals surface area contributed by atoms with E-state index in [1.165, 1.54) is 0 Å². The molecule has 0 spiro atoms. The van der Waals surface area contributed by atoms with Gasteiger partial charge in [0, 0.05) is 17.6 Å². The molecule has 0 saturated carbocycles. The molecule has 3 nitrogen and oxygen atoms in total. The molecule has 0 bridgehead atoms. The maximum absolute atomic E-state index is 9.67. The largest absolute Gasteiger partial charge is 0.491 e. The van der Waals surface area contributed by atoms with Crippen molar-refractivity contribution in [2.75, 3.05) is 13.2 Å². The summed E-state index contributed by atoms with van der Waals surface area (Å²) in [4.78, 5) is 0. The number of nitrogens with one attached hydrogen (secondary N) is 1. The van der Waals surface area contributed by atoms with E-state index in [1.807, 2.05) is 13.0 Å². The van der Waals surface area contributed by atoms with E-state index < -0.39 is 6.10 Å². The smallest absolute Gasteiger partial charge is 0.120 e. The van der Waals surface area contributed by atoms with E-state index >= 15 is 0 Å². The monoisotopic (exact) mass is 255 g/mol. The number of hydrogen-bond donors (Lipinski definition) is 2. The molecule has 0 aliphatic carbocycles. The van der Waals surface area contributed by atoms with Crippen LogP contribution in [0, 0.1) is 0 Å². The van der Waals surface area contributed by atoms with Crippen LogP contribution in [0.5, 0.6) is 5.75 Å². The molecule has 0 fully saturated rings. The molecule has 1 aromatic rings. The van der Waals surface area contributed by atoms with Crippen LogP contribution < -0.4 is 10.1 Å². The van der Waals surface area contributed by atoms with Crippen LogP contribution in [0.2, 0.25) is 5.02 Å². The van der Waals surface area contributed by atoms with Gasteiger partial charge in [-0.3, -0.25) is 0 Å². The molecule has 0 aliphatic rings. The van der Waals surface area contributed by atoms with Crippen LogP contribution in [-0.2, 0) is 0 Å². The van der Waals surface area contributed by atoms with Gasteiger partial charge in [0.05, 0.1) is 0 Å². The second-order valence-corrected chi connectivity index (χ2v) is 4.29. The lowest BCUT2D eigenvalue weighted by atomic mass is 10.3. The number of halogens is 1. The van der Waals surface area contributed by atoms with E-state index in [0.29, 0.717) is 17.3 Å². The van der Waals surface area contributed by atoms with Crippen LogP contribution in [0.25, 0.3) is 0 Å². The van der Waals surface area contributed by atoms with Gasteiger partial charge in [-0.1, -0.05) is 23.7 Å². The van der Waals surface area contributed by atoms with Crippen molar-refractivity contribution < 1.29 is 9.84 Å². The van der Waals surface area contributed by atoms with E-state index in [4.69, 9.17) is 16.3 Å². The van der Waals surface area contributed by atoms with Crippen LogP contribution in [0.1, 0.15) is 6.92 Å². The molecule has 0 saturated heterocycles. The fraction of sp³-hybridized carbons (Fsp3) is 0.385. The molecule has 2 N–H and O–H groups in total. The standard InChI is InChI=1S/C13H18ClNO2/c1-3-10(2)15-8-12(16)9-17-13-6-4-5-11(14)7-13/h3-7,10,12,15-16H,1,8-9H2,2H3. The highest BCUT2D eigenvalue weighted by molar-refractivity contribution is 6.30. The Morgan fingerprint density at radius 3 is 3.00 bits per heavy atom. The predicted octanol–water partition coefficient (Wildman–Crippen LogP) is 2.24. The summed E-state index contributed by atoms with van der Waals surface area (Å²) in [5.74, 6) is 0.660. The summed E-state index contributed by atoms with van der Waals surface area (Å²) < 4.78 is 5.41. The summed E-state index contributed by atoms with van der Waals surface area (Å²) in [6.45, 7) is 6.32. The highest BCUT2D eigenvalue weighted by atomic mass is 35.5. The normalized spacial score (nSPS) is 14.1. The van der Waals surface area contributed by atoms with Crippen LogP contribution in [-0.4, -0.2) is 30.4 Å². The quantitative estimate of drug-likeness (QED) is 0.735. The molecular weight excluding hydrogens is 238 g/mol. The first-order valence-corrected chi connectivity index (χ1v) is 5.92. The van der Waals surface area contributed by atoms with Crippen LogP contribution in [0.4, 0.5) is 0 Å². The van der Waals surface area contributed by atoms with Gasteiger partial charge in [0.15, 0.2) is 0 Å². The third kappa shape index (κ3) is 5.73. The SMILES string of the molecule is C=CC(C)NCC(O)COc1cccc(Cl)c1. The van der Waals surface area contributed by atoms with Crippen LogP contribution in [0.15, 0.2) is 36.9 Å². The van der Waals surface area contributed by atoms with Crippen molar-refractivity contribution in [1.29, 1.82) is 0 Å². The summed E-state index contributed by atoms with van der Waals surface area (Å²) in [6.07, 6.45) is 1.22. The van der Waals surface area contributed by atoms with Crippen LogP contribution in [0.3, 0.4) is 0 Å². The number of rotatable bonds is 7. The van der Waals surface area contributed by atoms with Gasteiger partial charge in [0.2, 0.25) is 0 Å². The zero-order valence-corrected chi connectivity index (χ0v) is 10.7. The minimum Gasteiger partial charge on any atom is -0.491 e. The molecular formula is C13H18ClNO2. The van der Waals surface area contributed by atoms with E-state index in [1.54, 1.807) is 24.3 Å². The molecule has 0 amide bonds. The Labute approximate surface area is 107 Å². The van der Waals surface area contributed by atoms with Crippen molar-refractivity contribution in [1.82, 2.24) is 5.32 Å². The Morgan fingerprint density at radius 1 is 1.59 bits per heavy atom. The first-order valence-electron chi connectivity index (χ1n) is 5.54. The Bertz CT molecular complexity index is 357. The lowest BCUT2D eigenvalue weighted by Gasteiger charge is -2.15. The van der Waals surface area contributed by atoms with Gasteiger partial charge < -0.3 is 15.2 Å². The molecule has 0 aromatic heterocycles. The van der Waals surface area contributed by atoms with Crippen molar-refractivity contribution in [3.63, 3.8) is 0 Å². The number of ether oxygens (including phenoxy) is 1. The second-order valence-electron chi connectivity index (χ2n) is 3.85. The van der Waals surface area contributed by atoms with Crippen molar-refractivity contribution in [2.24, 2.45) is 0 Å². The molecule has 17 heavy (non-hydrogen) atoms. The average Bonchev–Trinajstić information content (AvgIpc) is 2.33. The fourth-order valence-electron chi connectivity index (χ4n) is 1.21. The van der Waals surface area contributed by atoms with Gasteiger partial charge in [-0.15, -0.1) is 6.58 Å². The molecule has 0 radical (unpaired) electrons. The van der Waals surface area contributed by atoms with Crippen molar-refractivity contribution in [3.8, 4) is 5.75 Å². The third-order valence-electron chi connectivity index (χ3n) is 2.27. The zero-order valence-electron chi connectivity index (χ0n) is 9.90. The summed E-state index contributed by atoms with van der Waals surface area (Å²) in [7, 11) is 0. The topological polar surface area (TPSA) is 41.5 Å². The van der Waals surface area contributed by atoms with Gasteiger partial charge in [-0.2, -0.15) is 0 Å². The van der Waals surface area contributed by atoms with Crippen molar-refractivity contribution >= 4 is 11.6 Å². The van der Waals surface area contributed by atoms with Crippen molar-refractivity contribution in [3.05, 3.63) is 41.9 Å². The molecule has 1 rings (SSSR count). The Hall–Kier alpha value is -1.03. The first-order chi connectivity index (χ1) is 8.11. The third-order valence-corrected chi connectivity index (χ3v) is 2.50. The van der Waals surface area contributed by atoms with Gasteiger partial charge in [-0.25, -0.2) is 0 Å². The van der Waals surface area contributed by atoms with Gasteiger partial charge in [0.25, 0.3) is 0 Å². The lowest BCUT2D eigenvalue weighted by molar-refractivity contribution is 0.105. The van der Waals surface area contributed by atoms with Gasteiger partial charge in [-0.05, 0) is 25.1 Å². The van der Waals surface area contributed by atoms with E-state index in [2.05, 4.69) is 11.9 Å². The molecule has 94 valence electrons. The summed E-state index contributed by atoms with van der Waals surface area (Å²) in [6, 6.07) is 7.28. The Balaban J connectivity index is 2.28. The van der Waals surface area contributed by atoms with E-state index in [9.17, 15) is 5.11 Å². The summed E-state index contributed by atoms with van der Waals surface area (Å²) in [5.41, 5.74) is 0. The van der Waals surface area contributed by atoms with E-state index in [-0.39, 0.29) is 12.6 Å². The van der Waals surface area contributed by atoms with Gasteiger partial charge in [0.1, 0.15) is 18.5 Å². The first kappa shape index (κ1) is 14.0. The molecule has 1 aromatic carbocycles. The van der Waals surface area contributed by atoms with Crippen LogP contribution >= 0.6 is 11.6 Å². The predicted molar refractivity (Wildman–Crippen MR) is 70.6 cm³/mol. The minimum absolute atomic E-state index is 0.177. The molecule has 0 heterocycles. The summed E-state index contributed by atoms with van der Waals surface area (Å²) in [5, 5.41) is 13.4. The Morgan fingerprint density at radius 2 is 2.35 bits per heavy atom. The number of hydrogen-bond acceptors (Lipinski definition) is 3. The molecule has 2 unspecified atom stereocenters. The molecule has 2 atom stereocenters. The number of aliphatic hydroxyl groups excluding tert-OH is 1. The maximum Gasteiger partial charge on any atom is 0.120 e. The molecule has 4 heteroatoms. The highest BCUT2D eigenvalue weighted by Gasteiger charge is 2.06. The Kier molecular flexibility index (Phi) is 6.05. The number of aliphatic hydroxyl groups is 1. The average molecular weight is 256 g/mol. The second kappa shape index (κ2) is 7.33. The number of benzene rings is 1. The summed E-state index contributed by atoms with van der Waals surface area (Å²) >= 11 is 5.82. The fourth-order valence-corrected chi connectivity index (χ4v) is 1.39. The van der Waals surface area contributed by atoms with Crippen molar-refractivity contribution in [2.45, 2.75) is 19.1 Å².